The highest BCUT2D eigenvalue weighted by Gasteiger charge is 2.27. The third-order valence-corrected chi connectivity index (χ3v) is 6.16. The van der Waals surface area contributed by atoms with Gasteiger partial charge >= 0.3 is 0 Å². The van der Waals surface area contributed by atoms with Crippen molar-refractivity contribution < 1.29 is 8.42 Å². The van der Waals surface area contributed by atoms with Crippen LogP contribution < -0.4 is 0 Å². The summed E-state index contributed by atoms with van der Waals surface area (Å²) in [7, 11) is -3.68. The van der Waals surface area contributed by atoms with Crippen LogP contribution in [0, 0.1) is 6.92 Å². The van der Waals surface area contributed by atoms with Gasteiger partial charge in [-0.3, -0.25) is 0 Å². The lowest BCUT2D eigenvalue weighted by Gasteiger charge is -2.16. The Morgan fingerprint density at radius 2 is 1.83 bits per heavy atom. The van der Waals surface area contributed by atoms with Gasteiger partial charge < -0.3 is 0 Å². The molecule has 0 saturated carbocycles. The molecule has 0 spiro atoms. The lowest BCUT2D eigenvalue weighted by atomic mass is 10.1. The number of rotatable bonds is 4. The summed E-state index contributed by atoms with van der Waals surface area (Å²) in [4.78, 5) is 0. The Bertz CT molecular complexity index is 972. The van der Waals surface area contributed by atoms with E-state index in [1.54, 1.807) is 24.3 Å². The zero-order chi connectivity index (χ0) is 16.6. The van der Waals surface area contributed by atoms with Crippen LogP contribution in [0.1, 0.15) is 16.4 Å². The molecule has 1 atom stereocenters. The quantitative estimate of drug-likeness (QED) is 0.642. The molecule has 23 heavy (non-hydrogen) atoms. The Kier molecular flexibility index (Phi) is 4.04. The molecule has 0 saturated heterocycles. The average molecular weight is 346 g/mol. The Hall–Kier alpha value is -2.04. The molecule has 2 aromatic carbocycles. The molecule has 1 heterocycles. The van der Waals surface area contributed by atoms with Crippen molar-refractivity contribution in [1.82, 2.24) is 3.97 Å². The largest absolute Gasteiger partial charge is 0.249 e. The van der Waals surface area contributed by atoms with E-state index in [2.05, 4.69) is 6.58 Å². The van der Waals surface area contributed by atoms with Crippen LogP contribution in [0.5, 0.6) is 0 Å². The molecule has 0 bridgehead atoms. The second-order valence-corrected chi connectivity index (χ2v) is 7.73. The highest BCUT2D eigenvalue weighted by atomic mass is 35.5. The molecule has 1 unspecified atom stereocenters. The number of aryl methyl sites for hydroxylation is 1. The molecule has 0 N–H and O–H groups in total. The van der Waals surface area contributed by atoms with Gasteiger partial charge in [-0.05, 0) is 30.7 Å². The van der Waals surface area contributed by atoms with E-state index in [-0.39, 0.29) is 0 Å². The number of hydrogen-bond acceptors (Lipinski definition) is 2. The number of benzene rings is 2. The maximum Gasteiger partial charge on any atom is 0.249 e. The number of halogens is 1. The molecule has 5 heteroatoms. The van der Waals surface area contributed by atoms with Gasteiger partial charge in [-0.25, -0.2) is 12.4 Å². The van der Waals surface area contributed by atoms with Crippen LogP contribution in [0.3, 0.4) is 0 Å². The molecule has 0 fully saturated rings. The Labute approximate surface area is 140 Å². The molecule has 0 amide bonds. The topological polar surface area (TPSA) is 39.1 Å². The van der Waals surface area contributed by atoms with Gasteiger partial charge in [-0.15, -0.1) is 6.58 Å². The second-order valence-electron chi connectivity index (χ2n) is 5.40. The Balaban J connectivity index is 2.17. The van der Waals surface area contributed by atoms with Crippen LogP contribution >= 0.6 is 11.6 Å². The van der Waals surface area contributed by atoms with Crippen LogP contribution in [0.25, 0.3) is 10.9 Å². The molecule has 1 aromatic heterocycles. The van der Waals surface area contributed by atoms with Crippen LogP contribution in [0.2, 0.25) is 5.02 Å². The maximum atomic E-state index is 13.1. The minimum atomic E-state index is -3.68. The summed E-state index contributed by atoms with van der Waals surface area (Å²) in [6.07, 6.45) is 2.99. The van der Waals surface area contributed by atoms with E-state index in [4.69, 9.17) is 11.6 Å². The van der Waals surface area contributed by atoms with Gasteiger partial charge in [-0.1, -0.05) is 53.6 Å². The number of aromatic nitrogens is 1. The standard InChI is InChI=1S/C18H16ClNO2S/c1-3-18(14-9-7-13(2)8-10-14)23(21,22)20-12-11-15-16(19)5-4-6-17(15)20/h3-12,18H,1H2,2H3. The first-order chi connectivity index (χ1) is 10.9. The number of nitrogens with zero attached hydrogens (tertiary/aromatic N) is 1. The molecular weight excluding hydrogens is 330 g/mol. The minimum absolute atomic E-state index is 0.530. The summed E-state index contributed by atoms with van der Waals surface area (Å²) in [5, 5.41) is 0.420. The zero-order valence-corrected chi connectivity index (χ0v) is 14.2. The van der Waals surface area contributed by atoms with Crippen molar-refractivity contribution in [1.29, 1.82) is 0 Å². The van der Waals surface area contributed by atoms with E-state index in [9.17, 15) is 8.42 Å². The Morgan fingerprint density at radius 1 is 1.13 bits per heavy atom. The van der Waals surface area contributed by atoms with Gasteiger partial charge in [0.1, 0.15) is 5.25 Å². The first kappa shape index (κ1) is 15.8. The van der Waals surface area contributed by atoms with Gasteiger partial charge in [0, 0.05) is 16.6 Å². The second kappa shape index (κ2) is 5.87. The summed E-state index contributed by atoms with van der Waals surface area (Å²) >= 11 is 6.14. The van der Waals surface area contributed by atoms with Crippen molar-refractivity contribution in [2.45, 2.75) is 12.2 Å². The monoisotopic (exact) mass is 345 g/mol. The molecule has 0 radical (unpaired) electrons. The summed E-state index contributed by atoms with van der Waals surface area (Å²) < 4.78 is 27.4. The molecule has 3 aromatic rings. The summed E-state index contributed by atoms with van der Waals surface area (Å²) in [6, 6.07) is 14.4. The predicted octanol–water partition coefficient (Wildman–Crippen LogP) is 4.71. The van der Waals surface area contributed by atoms with Gasteiger partial charge in [0.25, 0.3) is 0 Å². The number of hydrogen-bond donors (Lipinski definition) is 0. The lowest BCUT2D eigenvalue weighted by molar-refractivity contribution is 0.583. The third kappa shape index (κ3) is 2.69. The molecule has 3 rings (SSSR count). The molecule has 0 aliphatic heterocycles. The molecule has 3 nitrogen and oxygen atoms in total. The zero-order valence-electron chi connectivity index (χ0n) is 12.6. The summed E-state index contributed by atoms with van der Waals surface area (Å²) in [6.45, 7) is 5.68. The summed E-state index contributed by atoms with van der Waals surface area (Å²) in [5.74, 6) is 0. The van der Waals surface area contributed by atoms with E-state index in [0.717, 1.165) is 5.56 Å². The van der Waals surface area contributed by atoms with Crippen molar-refractivity contribution in [3.05, 3.63) is 83.5 Å². The van der Waals surface area contributed by atoms with Gasteiger partial charge in [0.05, 0.1) is 5.52 Å². The maximum absolute atomic E-state index is 13.1. The highest BCUT2D eigenvalue weighted by Crippen LogP contribution is 2.31. The highest BCUT2D eigenvalue weighted by molar-refractivity contribution is 7.90. The van der Waals surface area contributed by atoms with Crippen LogP contribution in [0.4, 0.5) is 0 Å². The molecule has 0 aliphatic rings. The third-order valence-electron chi connectivity index (χ3n) is 3.86. The predicted molar refractivity (Wildman–Crippen MR) is 95.4 cm³/mol. The fourth-order valence-electron chi connectivity index (χ4n) is 2.64. The lowest BCUT2D eigenvalue weighted by Crippen LogP contribution is -2.19. The van der Waals surface area contributed by atoms with Crippen LogP contribution in [-0.4, -0.2) is 12.4 Å². The normalized spacial score (nSPS) is 13.1. The van der Waals surface area contributed by atoms with Crippen LogP contribution in [-0.2, 0) is 10.0 Å². The first-order valence-corrected chi connectivity index (χ1v) is 9.02. The van der Waals surface area contributed by atoms with Crippen molar-refractivity contribution >= 4 is 32.5 Å². The van der Waals surface area contributed by atoms with Crippen molar-refractivity contribution in [2.75, 3.05) is 0 Å². The van der Waals surface area contributed by atoms with Gasteiger partial charge in [0.15, 0.2) is 0 Å². The van der Waals surface area contributed by atoms with Gasteiger partial charge in [0.2, 0.25) is 10.0 Å². The fraction of sp³-hybridized carbons (Fsp3) is 0.111. The molecular formula is C18H16ClNO2S. The minimum Gasteiger partial charge on any atom is -0.244 e. The van der Waals surface area contributed by atoms with E-state index >= 15 is 0 Å². The van der Waals surface area contributed by atoms with E-state index in [1.807, 2.05) is 31.2 Å². The number of fused-ring (bicyclic) bond motifs is 1. The van der Waals surface area contributed by atoms with E-state index in [0.29, 0.717) is 21.5 Å². The molecule has 0 aliphatic carbocycles. The SMILES string of the molecule is C=CC(c1ccc(C)cc1)S(=O)(=O)n1ccc2c(Cl)cccc21. The smallest absolute Gasteiger partial charge is 0.244 e. The van der Waals surface area contributed by atoms with Gasteiger partial charge in [-0.2, -0.15) is 0 Å². The van der Waals surface area contributed by atoms with Crippen LogP contribution in [0.15, 0.2) is 67.4 Å². The Morgan fingerprint density at radius 3 is 2.48 bits per heavy atom. The molecule has 118 valence electrons. The first-order valence-electron chi connectivity index (χ1n) is 7.14. The van der Waals surface area contributed by atoms with E-state index < -0.39 is 15.3 Å². The van der Waals surface area contributed by atoms with Crippen molar-refractivity contribution in [2.24, 2.45) is 0 Å². The average Bonchev–Trinajstić information content (AvgIpc) is 2.96. The van der Waals surface area contributed by atoms with Crippen molar-refractivity contribution in [3.63, 3.8) is 0 Å². The van der Waals surface area contributed by atoms with Crippen molar-refractivity contribution in [3.8, 4) is 0 Å². The fourth-order valence-corrected chi connectivity index (χ4v) is 4.52. The van der Waals surface area contributed by atoms with E-state index in [1.165, 1.54) is 16.2 Å². The summed E-state index contributed by atoms with van der Waals surface area (Å²) in [5.41, 5.74) is 2.33.